The standard InChI is InChI=1S/C10H15N3O3/c1-16-8-10(15)13-6-4-12(5-7-13)9(14)2-3-11/h2,4-8H2,1H3. The fourth-order valence-corrected chi connectivity index (χ4v) is 1.60. The van der Waals surface area contributed by atoms with E-state index in [1.807, 2.05) is 6.07 Å². The van der Waals surface area contributed by atoms with Crippen LogP contribution in [0.25, 0.3) is 0 Å². The molecule has 0 saturated carbocycles. The lowest BCUT2D eigenvalue weighted by Crippen LogP contribution is -2.51. The van der Waals surface area contributed by atoms with Crippen molar-refractivity contribution in [2.45, 2.75) is 6.42 Å². The third-order valence-electron chi connectivity index (χ3n) is 2.48. The minimum Gasteiger partial charge on any atom is -0.375 e. The van der Waals surface area contributed by atoms with E-state index in [2.05, 4.69) is 0 Å². The van der Waals surface area contributed by atoms with E-state index in [1.165, 1.54) is 7.11 Å². The Morgan fingerprint density at radius 3 is 2.12 bits per heavy atom. The predicted octanol–water partition coefficient (Wildman–Crippen LogP) is -0.783. The van der Waals surface area contributed by atoms with Crippen LogP contribution in [0.3, 0.4) is 0 Å². The Bertz CT molecular complexity index is 303. The Hall–Kier alpha value is -1.61. The molecule has 0 unspecified atom stereocenters. The Morgan fingerprint density at radius 1 is 1.19 bits per heavy atom. The molecule has 6 heteroatoms. The van der Waals surface area contributed by atoms with Gasteiger partial charge in [0.2, 0.25) is 11.8 Å². The summed E-state index contributed by atoms with van der Waals surface area (Å²) in [5.74, 6) is -0.226. The number of nitriles is 1. The fourth-order valence-electron chi connectivity index (χ4n) is 1.60. The molecule has 0 aliphatic carbocycles. The molecule has 1 rings (SSSR count). The zero-order valence-electron chi connectivity index (χ0n) is 9.31. The van der Waals surface area contributed by atoms with Crippen LogP contribution in [-0.4, -0.2) is 61.5 Å². The first kappa shape index (κ1) is 12.5. The van der Waals surface area contributed by atoms with Gasteiger partial charge in [0.05, 0.1) is 6.07 Å². The zero-order valence-corrected chi connectivity index (χ0v) is 9.31. The summed E-state index contributed by atoms with van der Waals surface area (Å²) in [6.45, 7) is 2.09. The third-order valence-corrected chi connectivity index (χ3v) is 2.48. The van der Waals surface area contributed by atoms with Crippen LogP contribution in [0.2, 0.25) is 0 Å². The van der Waals surface area contributed by atoms with Crippen LogP contribution >= 0.6 is 0 Å². The second-order valence-corrected chi connectivity index (χ2v) is 3.53. The third kappa shape index (κ3) is 3.21. The van der Waals surface area contributed by atoms with Gasteiger partial charge in [-0.25, -0.2) is 0 Å². The Morgan fingerprint density at radius 2 is 1.69 bits per heavy atom. The maximum absolute atomic E-state index is 11.4. The van der Waals surface area contributed by atoms with E-state index in [1.54, 1.807) is 9.80 Å². The summed E-state index contributed by atoms with van der Waals surface area (Å²) in [5.41, 5.74) is 0. The average molecular weight is 225 g/mol. The van der Waals surface area contributed by atoms with Gasteiger partial charge in [0, 0.05) is 33.3 Å². The largest absolute Gasteiger partial charge is 0.375 e. The first-order chi connectivity index (χ1) is 7.69. The summed E-state index contributed by atoms with van der Waals surface area (Å²) < 4.78 is 4.75. The van der Waals surface area contributed by atoms with Crippen molar-refractivity contribution >= 4 is 11.8 Å². The lowest BCUT2D eigenvalue weighted by atomic mass is 10.3. The molecular weight excluding hydrogens is 210 g/mol. The van der Waals surface area contributed by atoms with Crippen molar-refractivity contribution in [3.8, 4) is 6.07 Å². The molecule has 0 bridgehead atoms. The van der Waals surface area contributed by atoms with Crippen molar-refractivity contribution in [2.75, 3.05) is 39.9 Å². The first-order valence-corrected chi connectivity index (χ1v) is 5.10. The number of hydrogen-bond acceptors (Lipinski definition) is 4. The van der Waals surface area contributed by atoms with Gasteiger partial charge in [0.15, 0.2) is 0 Å². The van der Waals surface area contributed by atoms with Gasteiger partial charge in [0.1, 0.15) is 13.0 Å². The minimum atomic E-state index is -0.165. The Kier molecular flexibility index (Phi) is 4.73. The SMILES string of the molecule is COCC(=O)N1CCN(C(=O)CC#N)CC1. The van der Waals surface area contributed by atoms with E-state index >= 15 is 0 Å². The fraction of sp³-hybridized carbons (Fsp3) is 0.700. The summed E-state index contributed by atoms with van der Waals surface area (Å²) >= 11 is 0. The number of carbonyl (C=O) groups excluding carboxylic acids is 2. The Labute approximate surface area is 94.4 Å². The second kappa shape index (κ2) is 6.08. The number of amides is 2. The van der Waals surface area contributed by atoms with Crippen molar-refractivity contribution in [1.82, 2.24) is 9.80 Å². The van der Waals surface area contributed by atoms with Crippen LogP contribution in [0.5, 0.6) is 0 Å². The molecule has 0 aromatic carbocycles. The molecule has 16 heavy (non-hydrogen) atoms. The number of rotatable bonds is 3. The molecule has 0 atom stereocenters. The normalized spacial score (nSPS) is 15.8. The maximum atomic E-state index is 11.4. The average Bonchev–Trinajstić information content (AvgIpc) is 2.30. The zero-order chi connectivity index (χ0) is 12.0. The van der Waals surface area contributed by atoms with Crippen LogP contribution in [0.4, 0.5) is 0 Å². The quantitative estimate of drug-likeness (QED) is 0.631. The molecule has 1 saturated heterocycles. The van der Waals surface area contributed by atoms with Gasteiger partial charge < -0.3 is 14.5 Å². The summed E-state index contributed by atoms with van der Waals surface area (Å²) in [7, 11) is 1.48. The van der Waals surface area contributed by atoms with Gasteiger partial charge >= 0.3 is 0 Å². The smallest absolute Gasteiger partial charge is 0.248 e. The van der Waals surface area contributed by atoms with E-state index in [-0.39, 0.29) is 24.8 Å². The monoisotopic (exact) mass is 225 g/mol. The molecule has 88 valence electrons. The van der Waals surface area contributed by atoms with Gasteiger partial charge in [-0.2, -0.15) is 5.26 Å². The second-order valence-electron chi connectivity index (χ2n) is 3.53. The number of methoxy groups -OCH3 is 1. The maximum Gasteiger partial charge on any atom is 0.248 e. The van der Waals surface area contributed by atoms with Crippen LogP contribution in [0, 0.1) is 11.3 Å². The van der Waals surface area contributed by atoms with Crippen LogP contribution in [0.1, 0.15) is 6.42 Å². The summed E-state index contributed by atoms with van der Waals surface area (Å²) in [6, 6.07) is 1.83. The van der Waals surface area contributed by atoms with E-state index in [0.29, 0.717) is 26.2 Å². The number of nitrogens with zero attached hydrogens (tertiary/aromatic N) is 3. The minimum absolute atomic E-state index is 0.0603. The Balaban J connectivity index is 2.37. The molecular formula is C10H15N3O3. The number of carbonyl (C=O) groups is 2. The van der Waals surface area contributed by atoms with E-state index in [4.69, 9.17) is 10.00 Å². The summed E-state index contributed by atoms with van der Waals surface area (Å²) in [5, 5.41) is 8.40. The highest BCUT2D eigenvalue weighted by molar-refractivity contribution is 5.80. The molecule has 0 aromatic rings. The highest BCUT2D eigenvalue weighted by atomic mass is 16.5. The van der Waals surface area contributed by atoms with E-state index in [0.717, 1.165) is 0 Å². The lowest BCUT2D eigenvalue weighted by molar-refractivity contribution is -0.141. The topological polar surface area (TPSA) is 73.6 Å². The summed E-state index contributed by atoms with van der Waals surface area (Å²) in [4.78, 5) is 26.1. The number of ether oxygens (including phenoxy) is 1. The van der Waals surface area contributed by atoms with Gasteiger partial charge in [-0.3, -0.25) is 9.59 Å². The van der Waals surface area contributed by atoms with Crippen molar-refractivity contribution in [3.05, 3.63) is 0 Å². The molecule has 0 N–H and O–H groups in total. The van der Waals surface area contributed by atoms with Gasteiger partial charge in [-0.1, -0.05) is 0 Å². The molecule has 1 fully saturated rings. The first-order valence-electron chi connectivity index (χ1n) is 5.10. The molecule has 0 radical (unpaired) electrons. The van der Waals surface area contributed by atoms with Crippen molar-refractivity contribution < 1.29 is 14.3 Å². The number of piperazine rings is 1. The highest BCUT2D eigenvalue weighted by Crippen LogP contribution is 2.04. The van der Waals surface area contributed by atoms with Crippen LogP contribution < -0.4 is 0 Å². The van der Waals surface area contributed by atoms with Gasteiger partial charge in [-0.05, 0) is 0 Å². The van der Waals surface area contributed by atoms with Gasteiger partial charge in [-0.15, -0.1) is 0 Å². The molecule has 0 spiro atoms. The van der Waals surface area contributed by atoms with Crippen LogP contribution in [-0.2, 0) is 14.3 Å². The molecule has 1 aliphatic rings. The van der Waals surface area contributed by atoms with Crippen molar-refractivity contribution in [2.24, 2.45) is 0 Å². The molecule has 1 aliphatic heterocycles. The molecule has 1 heterocycles. The van der Waals surface area contributed by atoms with Crippen LogP contribution in [0.15, 0.2) is 0 Å². The lowest BCUT2D eigenvalue weighted by Gasteiger charge is -2.34. The van der Waals surface area contributed by atoms with E-state index in [9.17, 15) is 9.59 Å². The molecule has 2 amide bonds. The van der Waals surface area contributed by atoms with Crippen molar-refractivity contribution in [3.63, 3.8) is 0 Å². The highest BCUT2D eigenvalue weighted by Gasteiger charge is 2.23. The predicted molar refractivity (Wildman–Crippen MR) is 55.3 cm³/mol. The number of hydrogen-bond donors (Lipinski definition) is 0. The molecule has 6 nitrogen and oxygen atoms in total. The van der Waals surface area contributed by atoms with E-state index < -0.39 is 0 Å². The van der Waals surface area contributed by atoms with Gasteiger partial charge in [0.25, 0.3) is 0 Å². The van der Waals surface area contributed by atoms with Crippen molar-refractivity contribution in [1.29, 1.82) is 5.26 Å². The molecule has 0 aromatic heterocycles. The summed E-state index contributed by atoms with van der Waals surface area (Å²) in [6.07, 6.45) is -0.0913.